The smallest absolute Gasteiger partial charge is 0.357 e. The van der Waals surface area contributed by atoms with Crippen molar-refractivity contribution in [3.8, 4) is 27.3 Å². The van der Waals surface area contributed by atoms with Crippen molar-refractivity contribution in [2.75, 3.05) is 19.0 Å². The third-order valence-corrected chi connectivity index (χ3v) is 8.63. The molecule has 1 aliphatic rings. The van der Waals surface area contributed by atoms with E-state index in [9.17, 15) is 14.4 Å². The molecule has 2 aromatic carbocycles. The third kappa shape index (κ3) is 6.19. The van der Waals surface area contributed by atoms with Crippen LogP contribution in [0, 0.1) is 6.92 Å². The average Bonchev–Trinajstić information content (AvgIpc) is 3.42. The molecule has 9 nitrogen and oxygen atoms in total. The zero-order valence-corrected chi connectivity index (χ0v) is 26.4. The number of thiophene rings is 1. The Bertz CT molecular complexity index is 1750. The van der Waals surface area contributed by atoms with Crippen LogP contribution in [0.2, 0.25) is 5.02 Å². The molecule has 3 heterocycles. The minimum atomic E-state index is -0.752. The third-order valence-electron chi connectivity index (χ3n) is 7.35. The second-order valence-corrected chi connectivity index (χ2v) is 11.9. The predicted molar refractivity (Wildman–Crippen MR) is 173 cm³/mol. The van der Waals surface area contributed by atoms with Crippen molar-refractivity contribution in [2.24, 2.45) is 5.73 Å². The summed E-state index contributed by atoms with van der Waals surface area (Å²) in [5, 5.41) is 8.11. The number of nitrogens with two attached hydrogens (primary N) is 1. The van der Waals surface area contributed by atoms with Crippen LogP contribution >= 0.6 is 22.9 Å². The number of halogens is 1. The van der Waals surface area contributed by atoms with Crippen molar-refractivity contribution < 1.29 is 23.9 Å². The number of aromatic nitrogens is 1. The zero-order valence-electron chi connectivity index (χ0n) is 24.9. The van der Waals surface area contributed by atoms with Gasteiger partial charge in [-0.1, -0.05) is 24.6 Å². The molecular weight excluding hydrogens is 600 g/mol. The van der Waals surface area contributed by atoms with Crippen LogP contribution in [-0.2, 0) is 17.7 Å². The number of ether oxygens (including phenoxy) is 2. The van der Waals surface area contributed by atoms with Gasteiger partial charge in [-0.15, -0.1) is 11.3 Å². The van der Waals surface area contributed by atoms with E-state index in [0.717, 1.165) is 33.6 Å². The van der Waals surface area contributed by atoms with E-state index < -0.39 is 17.8 Å². The molecule has 0 saturated heterocycles. The molecule has 1 atom stereocenters. The van der Waals surface area contributed by atoms with Gasteiger partial charge in [0.25, 0.3) is 11.8 Å². The van der Waals surface area contributed by atoms with Gasteiger partial charge in [0, 0.05) is 46.6 Å². The summed E-state index contributed by atoms with van der Waals surface area (Å²) in [5.41, 5.74) is 10.6. The number of hydrogen-bond acceptors (Lipinski definition) is 8. The van der Waals surface area contributed by atoms with Crippen molar-refractivity contribution in [3.63, 3.8) is 0 Å². The molecule has 4 N–H and O–H groups in total. The van der Waals surface area contributed by atoms with Gasteiger partial charge in [-0.05, 0) is 78.7 Å². The highest BCUT2D eigenvalue weighted by molar-refractivity contribution is 7.13. The average molecular weight is 633 g/mol. The first kappa shape index (κ1) is 31.2. The maximum absolute atomic E-state index is 14.2. The van der Waals surface area contributed by atoms with E-state index in [1.54, 1.807) is 35.6 Å². The fourth-order valence-corrected chi connectivity index (χ4v) is 6.52. The molecular formula is C33H33ClN4O5S. The van der Waals surface area contributed by atoms with Crippen LogP contribution in [0.25, 0.3) is 21.6 Å². The van der Waals surface area contributed by atoms with Crippen molar-refractivity contribution in [2.45, 2.75) is 46.3 Å². The molecule has 5 rings (SSSR count). The predicted octanol–water partition coefficient (Wildman–Crippen LogP) is 6.40. The summed E-state index contributed by atoms with van der Waals surface area (Å²) in [6.07, 6.45) is 1.30. The number of methoxy groups -OCH3 is 1. The molecule has 2 aromatic heterocycles. The van der Waals surface area contributed by atoms with Gasteiger partial charge in [-0.2, -0.15) is 0 Å². The van der Waals surface area contributed by atoms with Gasteiger partial charge < -0.3 is 25.8 Å². The number of benzene rings is 2. The lowest BCUT2D eigenvalue weighted by Gasteiger charge is -2.19. The second-order valence-electron chi connectivity index (χ2n) is 10.6. The Morgan fingerprint density at radius 2 is 1.91 bits per heavy atom. The normalized spacial score (nSPS) is 13.6. The van der Waals surface area contributed by atoms with Crippen molar-refractivity contribution in [1.29, 1.82) is 0 Å². The number of amides is 2. The molecule has 44 heavy (non-hydrogen) atoms. The van der Waals surface area contributed by atoms with E-state index in [1.807, 2.05) is 32.2 Å². The largest absolute Gasteiger partial charge is 0.490 e. The lowest BCUT2D eigenvalue weighted by atomic mass is 9.93. The Balaban J connectivity index is 1.71. The van der Waals surface area contributed by atoms with Gasteiger partial charge >= 0.3 is 5.97 Å². The number of aryl methyl sites for hydroxylation is 1. The molecule has 1 aliphatic heterocycles. The number of pyridine rings is 1. The van der Waals surface area contributed by atoms with Crippen LogP contribution in [0.3, 0.4) is 0 Å². The SMILES string of the molecule is CCCNC(=O)c1ccc(-c2cc3c(cc2C(=O)Nc2c(C)cc(CN)cc2Cl)-c2sccc2C[C@@H](C)O3)c(C(=O)OC)n1. The minimum Gasteiger partial charge on any atom is -0.490 e. The van der Waals surface area contributed by atoms with Gasteiger partial charge in [-0.25, -0.2) is 9.78 Å². The van der Waals surface area contributed by atoms with E-state index in [0.29, 0.717) is 47.1 Å². The van der Waals surface area contributed by atoms with E-state index in [4.69, 9.17) is 26.8 Å². The van der Waals surface area contributed by atoms with Gasteiger partial charge in [0.2, 0.25) is 0 Å². The van der Waals surface area contributed by atoms with Gasteiger partial charge in [0.15, 0.2) is 5.69 Å². The summed E-state index contributed by atoms with van der Waals surface area (Å²) < 4.78 is 11.4. The lowest BCUT2D eigenvalue weighted by molar-refractivity contribution is 0.0594. The number of esters is 1. The number of rotatable bonds is 8. The Morgan fingerprint density at radius 3 is 2.61 bits per heavy atom. The Labute approximate surface area is 264 Å². The van der Waals surface area contributed by atoms with Gasteiger partial charge in [0.1, 0.15) is 17.5 Å². The molecule has 4 aromatic rings. The fourth-order valence-electron chi connectivity index (χ4n) is 5.22. The summed E-state index contributed by atoms with van der Waals surface area (Å²) in [6, 6.07) is 12.3. The molecule has 228 valence electrons. The molecule has 0 fully saturated rings. The van der Waals surface area contributed by atoms with E-state index in [-0.39, 0.29) is 23.1 Å². The van der Waals surface area contributed by atoms with Crippen molar-refractivity contribution >= 4 is 46.4 Å². The summed E-state index contributed by atoms with van der Waals surface area (Å²) in [4.78, 5) is 45.4. The zero-order chi connectivity index (χ0) is 31.5. The van der Waals surface area contributed by atoms with Gasteiger partial charge in [0.05, 0.1) is 17.8 Å². The highest BCUT2D eigenvalue weighted by Gasteiger charge is 2.28. The maximum atomic E-state index is 14.2. The number of hydrogen-bond donors (Lipinski definition) is 3. The van der Waals surface area contributed by atoms with Gasteiger partial charge in [-0.3, -0.25) is 9.59 Å². The monoisotopic (exact) mass is 632 g/mol. The molecule has 0 unspecified atom stereocenters. The van der Waals surface area contributed by atoms with Crippen LogP contribution in [0.1, 0.15) is 68.3 Å². The first-order valence-electron chi connectivity index (χ1n) is 14.2. The summed E-state index contributed by atoms with van der Waals surface area (Å²) in [6.45, 7) is 6.52. The highest BCUT2D eigenvalue weighted by Crippen LogP contribution is 2.44. The highest BCUT2D eigenvalue weighted by atomic mass is 35.5. The van der Waals surface area contributed by atoms with E-state index in [1.165, 1.54) is 13.2 Å². The quantitative estimate of drug-likeness (QED) is 0.191. The number of fused-ring (bicyclic) bond motifs is 3. The number of carbonyl (C=O) groups is 3. The van der Waals surface area contributed by atoms with E-state index >= 15 is 0 Å². The van der Waals surface area contributed by atoms with Crippen molar-refractivity contribution in [3.05, 3.63) is 86.5 Å². The molecule has 0 spiro atoms. The number of nitrogens with zero attached hydrogens (tertiary/aromatic N) is 1. The molecule has 11 heteroatoms. The fraction of sp³-hybridized carbons (Fsp3) is 0.273. The lowest BCUT2D eigenvalue weighted by Crippen LogP contribution is -2.26. The standard InChI is InChI=1S/C33H33ClN4O5S/c1-5-9-36-32(40)26-7-6-21(29(37-26)33(41)42-4)22-15-27-24(30-20(8-10-44-30)12-18(3)43-27)14-23(22)31(39)38-28-17(2)11-19(16-35)13-25(28)34/h6-8,10-11,13-15,18H,5,9,12,16,35H2,1-4H3,(H,36,40)(H,38,39)/t18-/m1/s1. The Kier molecular flexibility index (Phi) is 9.33. The summed E-state index contributed by atoms with van der Waals surface area (Å²) >= 11 is 8.14. The first-order valence-corrected chi connectivity index (χ1v) is 15.5. The van der Waals surface area contributed by atoms with Crippen molar-refractivity contribution in [1.82, 2.24) is 10.3 Å². The molecule has 0 aliphatic carbocycles. The first-order chi connectivity index (χ1) is 21.1. The number of nitrogens with one attached hydrogen (secondary N) is 2. The Morgan fingerprint density at radius 1 is 1.11 bits per heavy atom. The van der Waals surface area contributed by atoms with Crippen LogP contribution < -0.4 is 21.1 Å². The second kappa shape index (κ2) is 13.2. The summed E-state index contributed by atoms with van der Waals surface area (Å²) in [7, 11) is 1.24. The van der Waals surface area contributed by atoms with Crippen LogP contribution in [-0.4, -0.2) is 42.5 Å². The maximum Gasteiger partial charge on any atom is 0.357 e. The minimum absolute atomic E-state index is 0.0545. The van der Waals surface area contributed by atoms with Crippen LogP contribution in [0.15, 0.2) is 47.8 Å². The van der Waals surface area contributed by atoms with E-state index in [2.05, 4.69) is 21.7 Å². The number of anilines is 1. The molecule has 0 radical (unpaired) electrons. The molecule has 0 saturated carbocycles. The van der Waals surface area contributed by atoms with Crippen LogP contribution in [0.4, 0.5) is 5.69 Å². The topological polar surface area (TPSA) is 133 Å². The van der Waals surface area contributed by atoms with Crippen LogP contribution in [0.5, 0.6) is 5.75 Å². The summed E-state index contributed by atoms with van der Waals surface area (Å²) in [5.74, 6) is -1.06. The number of carbonyl (C=O) groups excluding carboxylic acids is 3. The molecule has 0 bridgehead atoms. The molecule has 2 amide bonds. The Hall–Kier alpha value is -4.25.